The van der Waals surface area contributed by atoms with Gasteiger partial charge in [-0.25, -0.2) is 4.39 Å². The zero-order valence-electron chi connectivity index (χ0n) is 14.5. The number of nitrogens with zero attached hydrogens (tertiary/aromatic N) is 1. The smallest absolute Gasteiger partial charge is 0.253 e. The molecule has 134 valence electrons. The quantitative estimate of drug-likeness (QED) is 0.753. The van der Waals surface area contributed by atoms with Gasteiger partial charge >= 0.3 is 0 Å². The van der Waals surface area contributed by atoms with Crippen molar-refractivity contribution < 1.29 is 9.18 Å². The number of rotatable bonds is 4. The zero-order chi connectivity index (χ0) is 17.9. The average Bonchev–Trinajstić information content (AvgIpc) is 3.09. The molecule has 1 unspecified atom stereocenters. The van der Waals surface area contributed by atoms with Gasteiger partial charge in [0.1, 0.15) is 5.82 Å². The van der Waals surface area contributed by atoms with Crippen LogP contribution in [0.25, 0.3) is 10.9 Å². The van der Waals surface area contributed by atoms with Crippen molar-refractivity contribution >= 4 is 16.8 Å². The van der Waals surface area contributed by atoms with Crippen molar-refractivity contribution in [1.82, 2.24) is 15.2 Å². The van der Waals surface area contributed by atoms with Crippen LogP contribution in [-0.2, 0) is 6.54 Å². The Morgan fingerprint density at radius 2 is 2.04 bits per heavy atom. The Morgan fingerprint density at radius 3 is 2.88 bits per heavy atom. The van der Waals surface area contributed by atoms with Gasteiger partial charge in [0, 0.05) is 42.5 Å². The maximum atomic E-state index is 13.3. The van der Waals surface area contributed by atoms with Crippen LogP contribution in [0.2, 0.25) is 0 Å². The van der Waals surface area contributed by atoms with Crippen LogP contribution in [0, 0.1) is 5.82 Å². The average molecular weight is 351 g/mol. The van der Waals surface area contributed by atoms with Crippen molar-refractivity contribution in [3.8, 4) is 0 Å². The van der Waals surface area contributed by atoms with Crippen LogP contribution in [0.4, 0.5) is 4.39 Å². The first-order chi connectivity index (χ1) is 12.7. The number of H-pyrrole nitrogens is 1. The van der Waals surface area contributed by atoms with E-state index in [1.54, 1.807) is 6.07 Å². The standard InChI is InChI=1S/C21H22FN3O/c22-17-9-8-16-11-19(24-20(16)12-17)13-23-18-7-4-10-25(14-18)21(26)15-5-2-1-3-6-15/h1-3,5-6,8-9,11-12,18,23-24H,4,7,10,13-14H2. The molecule has 0 spiro atoms. The Hall–Kier alpha value is -2.66. The molecule has 26 heavy (non-hydrogen) atoms. The van der Waals surface area contributed by atoms with E-state index in [0.717, 1.165) is 41.5 Å². The molecule has 0 bridgehead atoms. The van der Waals surface area contributed by atoms with E-state index in [4.69, 9.17) is 0 Å². The summed E-state index contributed by atoms with van der Waals surface area (Å²) in [6, 6.07) is 16.5. The number of likely N-dealkylation sites (tertiary alicyclic amines) is 1. The molecule has 1 saturated heterocycles. The van der Waals surface area contributed by atoms with Crippen LogP contribution in [0.5, 0.6) is 0 Å². The van der Waals surface area contributed by atoms with Crippen LogP contribution < -0.4 is 5.32 Å². The lowest BCUT2D eigenvalue weighted by Crippen LogP contribution is -2.47. The summed E-state index contributed by atoms with van der Waals surface area (Å²) in [5, 5.41) is 4.54. The molecule has 2 aromatic carbocycles. The van der Waals surface area contributed by atoms with E-state index in [-0.39, 0.29) is 17.8 Å². The van der Waals surface area contributed by atoms with E-state index in [0.29, 0.717) is 13.1 Å². The number of hydrogen-bond donors (Lipinski definition) is 2. The number of aromatic nitrogens is 1. The number of piperidine rings is 1. The Balaban J connectivity index is 1.38. The highest BCUT2D eigenvalue weighted by molar-refractivity contribution is 5.94. The highest BCUT2D eigenvalue weighted by atomic mass is 19.1. The number of amides is 1. The number of aromatic amines is 1. The molecular formula is C21H22FN3O. The van der Waals surface area contributed by atoms with Gasteiger partial charge in [0.2, 0.25) is 0 Å². The van der Waals surface area contributed by atoms with Crippen molar-refractivity contribution in [3.05, 3.63) is 71.7 Å². The first-order valence-electron chi connectivity index (χ1n) is 9.04. The summed E-state index contributed by atoms with van der Waals surface area (Å²) in [6.45, 7) is 2.19. The van der Waals surface area contributed by atoms with E-state index < -0.39 is 0 Å². The van der Waals surface area contributed by atoms with Gasteiger partial charge in [0.05, 0.1) is 0 Å². The molecule has 3 aromatic rings. The van der Waals surface area contributed by atoms with Gasteiger partial charge in [-0.3, -0.25) is 4.79 Å². The second kappa shape index (κ2) is 7.30. The Labute approximate surface area is 152 Å². The fourth-order valence-electron chi connectivity index (χ4n) is 3.60. The van der Waals surface area contributed by atoms with Gasteiger partial charge in [-0.2, -0.15) is 0 Å². The number of nitrogens with one attached hydrogen (secondary N) is 2. The van der Waals surface area contributed by atoms with Crippen LogP contribution in [-0.4, -0.2) is 34.9 Å². The molecule has 4 rings (SSSR count). The monoisotopic (exact) mass is 351 g/mol. The maximum absolute atomic E-state index is 13.3. The third-order valence-electron chi connectivity index (χ3n) is 4.95. The highest BCUT2D eigenvalue weighted by Crippen LogP contribution is 2.18. The van der Waals surface area contributed by atoms with E-state index in [2.05, 4.69) is 10.3 Å². The molecule has 2 N–H and O–H groups in total. The number of carbonyl (C=O) groups excluding carboxylic acids is 1. The van der Waals surface area contributed by atoms with E-state index in [1.165, 1.54) is 12.1 Å². The van der Waals surface area contributed by atoms with Gasteiger partial charge in [-0.05, 0) is 54.6 Å². The van der Waals surface area contributed by atoms with Crippen molar-refractivity contribution in [3.63, 3.8) is 0 Å². The largest absolute Gasteiger partial charge is 0.357 e. The number of benzene rings is 2. The summed E-state index contributed by atoms with van der Waals surface area (Å²) < 4.78 is 13.3. The summed E-state index contributed by atoms with van der Waals surface area (Å²) in [7, 11) is 0. The molecular weight excluding hydrogens is 329 g/mol. The molecule has 4 nitrogen and oxygen atoms in total. The highest BCUT2D eigenvalue weighted by Gasteiger charge is 2.24. The van der Waals surface area contributed by atoms with E-state index in [1.807, 2.05) is 41.3 Å². The van der Waals surface area contributed by atoms with Crippen molar-refractivity contribution in [2.24, 2.45) is 0 Å². The summed E-state index contributed by atoms with van der Waals surface area (Å²) >= 11 is 0. The second-order valence-corrected chi connectivity index (χ2v) is 6.86. The molecule has 1 amide bonds. The van der Waals surface area contributed by atoms with Crippen molar-refractivity contribution in [2.45, 2.75) is 25.4 Å². The molecule has 1 aliphatic rings. The molecule has 1 fully saturated rings. The number of carbonyl (C=O) groups is 1. The molecule has 0 aliphatic carbocycles. The van der Waals surface area contributed by atoms with Gasteiger partial charge in [-0.1, -0.05) is 18.2 Å². The van der Waals surface area contributed by atoms with Crippen molar-refractivity contribution in [2.75, 3.05) is 13.1 Å². The van der Waals surface area contributed by atoms with Crippen LogP contribution in [0.15, 0.2) is 54.6 Å². The Morgan fingerprint density at radius 1 is 1.19 bits per heavy atom. The van der Waals surface area contributed by atoms with Gasteiger partial charge in [0.25, 0.3) is 5.91 Å². The molecule has 5 heteroatoms. The summed E-state index contributed by atoms with van der Waals surface area (Å²) in [6.07, 6.45) is 2.04. The normalized spacial score (nSPS) is 17.6. The molecule has 1 aliphatic heterocycles. The first kappa shape index (κ1) is 16.8. The summed E-state index contributed by atoms with van der Waals surface area (Å²) in [5.74, 6) is -0.139. The van der Waals surface area contributed by atoms with Gasteiger partial charge in [-0.15, -0.1) is 0 Å². The van der Waals surface area contributed by atoms with Crippen LogP contribution >= 0.6 is 0 Å². The fraction of sp³-hybridized carbons (Fsp3) is 0.286. The minimum Gasteiger partial charge on any atom is -0.357 e. The van der Waals surface area contributed by atoms with E-state index in [9.17, 15) is 9.18 Å². The molecule has 0 saturated carbocycles. The molecule has 1 aromatic heterocycles. The zero-order valence-corrected chi connectivity index (χ0v) is 14.5. The Bertz CT molecular complexity index is 906. The lowest BCUT2D eigenvalue weighted by atomic mass is 10.0. The molecule has 0 radical (unpaired) electrons. The second-order valence-electron chi connectivity index (χ2n) is 6.86. The maximum Gasteiger partial charge on any atom is 0.253 e. The fourth-order valence-corrected chi connectivity index (χ4v) is 3.60. The lowest BCUT2D eigenvalue weighted by molar-refractivity contribution is 0.0694. The minimum absolute atomic E-state index is 0.0955. The van der Waals surface area contributed by atoms with Crippen LogP contribution in [0.1, 0.15) is 28.9 Å². The molecule has 2 heterocycles. The topological polar surface area (TPSA) is 48.1 Å². The third-order valence-corrected chi connectivity index (χ3v) is 4.95. The Kier molecular flexibility index (Phi) is 4.71. The lowest BCUT2D eigenvalue weighted by Gasteiger charge is -2.33. The van der Waals surface area contributed by atoms with Crippen molar-refractivity contribution in [1.29, 1.82) is 0 Å². The predicted octanol–water partition coefficient (Wildman–Crippen LogP) is 3.70. The number of fused-ring (bicyclic) bond motifs is 1. The first-order valence-corrected chi connectivity index (χ1v) is 9.04. The summed E-state index contributed by atoms with van der Waals surface area (Å²) in [5.41, 5.74) is 2.58. The predicted molar refractivity (Wildman–Crippen MR) is 100 cm³/mol. The van der Waals surface area contributed by atoms with Crippen LogP contribution in [0.3, 0.4) is 0 Å². The van der Waals surface area contributed by atoms with Gasteiger partial charge in [0.15, 0.2) is 0 Å². The molecule has 1 atom stereocenters. The SMILES string of the molecule is O=C(c1ccccc1)N1CCCC(NCc2cc3ccc(F)cc3[nH]2)C1. The number of hydrogen-bond acceptors (Lipinski definition) is 2. The van der Waals surface area contributed by atoms with Gasteiger partial charge < -0.3 is 15.2 Å². The number of halogens is 1. The van der Waals surface area contributed by atoms with E-state index >= 15 is 0 Å². The minimum atomic E-state index is -0.235. The summed E-state index contributed by atoms with van der Waals surface area (Å²) in [4.78, 5) is 17.8. The third kappa shape index (κ3) is 3.63.